The molecule has 2 heterocycles. The van der Waals surface area contributed by atoms with E-state index in [9.17, 15) is 4.79 Å². The zero-order valence-corrected chi connectivity index (χ0v) is 25.9. The summed E-state index contributed by atoms with van der Waals surface area (Å²) in [4.78, 5) is 12.6. The average molecular weight is 649 g/mol. The van der Waals surface area contributed by atoms with Gasteiger partial charge in [0.1, 0.15) is 30.5 Å². The molecule has 8 heteroatoms. The van der Waals surface area contributed by atoms with E-state index in [4.69, 9.17) is 13.9 Å². The lowest BCUT2D eigenvalue weighted by Gasteiger charge is -2.11. The topological polar surface area (TPSA) is 78.0 Å². The first-order valence-corrected chi connectivity index (χ1v) is 14.9. The van der Waals surface area contributed by atoms with Crippen molar-refractivity contribution in [2.24, 2.45) is 5.10 Å². The molecule has 0 saturated carbocycles. The molecule has 0 spiro atoms. The molecular formula is C36H30BrN3O4. The molecule has 0 bridgehead atoms. The molecule has 0 fully saturated rings. The van der Waals surface area contributed by atoms with Gasteiger partial charge in [0.25, 0.3) is 0 Å². The van der Waals surface area contributed by atoms with Crippen molar-refractivity contribution in [3.63, 3.8) is 0 Å². The van der Waals surface area contributed by atoms with Crippen LogP contribution in [0.2, 0.25) is 0 Å². The van der Waals surface area contributed by atoms with Gasteiger partial charge in [-0.3, -0.25) is 4.79 Å². The first-order valence-electron chi connectivity index (χ1n) is 14.1. The molecule has 0 radical (unpaired) electrons. The van der Waals surface area contributed by atoms with Crippen molar-refractivity contribution in [3.05, 3.63) is 148 Å². The number of carbonyl (C=O) groups excluding carboxylic acids is 1. The van der Waals surface area contributed by atoms with Crippen LogP contribution in [-0.2, 0) is 13.2 Å². The number of hydrogen-bond acceptors (Lipinski definition) is 5. The number of nitrogens with one attached hydrogen (secondary N) is 1. The van der Waals surface area contributed by atoms with E-state index in [2.05, 4.69) is 81.3 Å². The minimum Gasteiger partial charge on any atom is -0.488 e. The summed E-state index contributed by atoms with van der Waals surface area (Å²) in [6.45, 7) is 4.79. The van der Waals surface area contributed by atoms with E-state index in [0.29, 0.717) is 23.9 Å². The lowest BCUT2D eigenvalue weighted by Crippen LogP contribution is -2.16. The van der Waals surface area contributed by atoms with E-state index in [1.54, 1.807) is 18.3 Å². The first kappa shape index (κ1) is 29.0. The summed E-state index contributed by atoms with van der Waals surface area (Å²) in [5.41, 5.74) is 7.83. The van der Waals surface area contributed by atoms with Crippen molar-refractivity contribution in [2.45, 2.75) is 27.1 Å². The summed E-state index contributed by atoms with van der Waals surface area (Å²) >= 11 is 3.58. The monoisotopic (exact) mass is 647 g/mol. The highest BCUT2D eigenvalue weighted by atomic mass is 79.9. The summed E-state index contributed by atoms with van der Waals surface area (Å²) in [7, 11) is 0. The van der Waals surface area contributed by atoms with Crippen LogP contribution in [0, 0.1) is 13.8 Å². The molecule has 7 nitrogen and oxygen atoms in total. The number of carbonyl (C=O) groups is 1. The average Bonchev–Trinajstić information content (AvgIpc) is 3.66. The maximum Gasteiger partial charge on any atom is 0.307 e. The number of benzene rings is 4. The molecule has 0 unspecified atom stereocenters. The van der Waals surface area contributed by atoms with Crippen LogP contribution in [0.1, 0.15) is 38.8 Å². The molecular weight excluding hydrogens is 618 g/mol. The van der Waals surface area contributed by atoms with E-state index in [0.717, 1.165) is 21.3 Å². The largest absolute Gasteiger partial charge is 0.488 e. The number of aryl methyl sites for hydroxylation is 2. The Morgan fingerprint density at radius 2 is 1.64 bits per heavy atom. The fourth-order valence-corrected chi connectivity index (χ4v) is 5.52. The van der Waals surface area contributed by atoms with Gasteiger partial charge in [-0.05, 0) is 118 Å². The van der Waals surface area contributed by atoms with E-state index in [-0.39, 0.29) is 12.4 Å². The second kappa shape index (κ2) is 13.1. The van der Waals surface area contributed by atoms with Crippen molar-refractivity contribution >= 4 is 38.8 Å². The van der Waals surface area contributed by atoms with Crippen LogP contribution in [0.25, 0.3) is 16.5 Å². The summed E-state index contributed by atoms with van der Waals surface area (Å²) in [5.74, 6) is 1.64. The molecule has 4 aromatic carbocycles. The smallest absolute Gasteiger partial charge is 0.307 e. The van der Waals surface area contributed by atoms with Crippen LogP contribution in [0.5, 0.6) is 11.5 Å². The van der Waals surface area contributed by atoms with Gasteiger partial charge in [0.2, 0.25) is 0 Å². The molecule has 1 amide bonds. The fraction of sp³-hybridized carbons (Fsp3) is 0.111. The second-order valence-corrected chi connectivity index (χ2v) is 11.2. The molecule has 0 aliphatic heterocycles. The van der Waals surface area contributed by atoms with Crippen molar-refractivity contribution in [3.8, 4) is 17.2 Å². The van der Waals surface area contributed by atoms with Gasteiger partial charge in [0.05, 0.1) is 10.7 Å². The third-order valence-electron chi connectivity index (χ3n) is 7.23. The maximum absolute atomic E-state index is 12.6. The predicted molar refractivity (Wildman–Crippen MR) is 176 cm³/mol. The van der Waals surface area contributed by atoms with Crippen LogP contribution in [0.15, 0.2) is 123 Å². The Morgan fingerprint density at radius 3 is 2.43 bits per heavy atom. The lowest BCUT2D eigenvalue weighted by molar-refractivity contribution is 0.0923. The Bertz CT molecular complexity index is 1930. The zero-order chi connectivity index (χ0) is 30.5. The number of fused-ring (bicyclic) bond motifs is 1. The summed E-state index contributed by atoms with van der Waals surface area (Å²) in [6.07, 6.45) is 1.56. The zero-order valence-electron chi connectivity index (χ0n) is 24.3. The molecule has 0 saturated heterocycles. The van der Waals surface area contributed by atoms with Crippen LogP contribution in [-0.4, -0.2) is 16.7 Å². The van der Waals surface area contributed by atoms with E-state index < -0.39 is 5.91 Å². The Hall–Kier alpha value is -5.08. The molecule has 2 aromatic heterocycles. The first-order chi connectivity index (χ1) is 21.4. The molecule has 0 atom stereocenters. The van der Waals surface area contributed by atoms with Gasteiger partial charge in [-0.25, -0.2) is 5.43 Å². The minimum atomic E-state index is -0.455. The Balaban J connectivity index is 0.996. The number of hydrazone groups is 1. The number of amides is 1. The number of aromatic nitrogens is 1. The highest BCUT2D eigenvalue weighted by molar-refractivity contribution is 9.10. The Morgan fingerprint density at radius 1 is 0.864 bits per heavy atom. The van der Waals surface area contributed by atoms with E-state index in [1.165, 1.54) is 22.2 Å². The third kappa shape index (κ3) is 6.61. The third-order valence-corrected chi connectivity index (χ3v) is 7.85. The van der Waals surface area contributed by atoms with Gasteiger partial charge < -0.3 is 18.5 Å². The predicted octanol–water partition coefficient (Wildman–Crippen LogP) is 8.52. The van der Waals surface area contributed by atoms with Crippen LogP contribution >= 0.6 is 15.9 Å². The molecule has 0 aliphatic carbocycles. The van der Waals surface area contributed by atoms with Gasteiger partial charge in [0.15, 0.2) is 5.76 Å². The van der Waals surface area contributed by atoms with Crippen molar-refractivity contribution in [1.82, 2.24) is 9.99 Å². The lowest BCUT2D eigenvalue weighted by atomic mass is 10.1. The number of nitrogens with zero attached hydrogens (tertiary/aromatic N) is 2. The van der Waals surface area contributed by atoms with Crippen molar-refractivity contribution in [2.75, 3.05) is 0 Å². The quantitative estimate of drug-likeness (QED) is 0.119. The van der Waals surface area contributed by atoms with Gasteiger partial charge >= 0.3 is 5.91 Å². The fourth-order valence-electron chi connectivity index (χ4n) is 5.01. The van der Waals surface area contributed by atoms with Gasteiger partial charge in [-0.15, -0.1) is 0 Å². The van der Waals surface area contributed by atoms with E-state index >= 15 is 0 Å². The number of rotatable bonds is 10. The highest BCUT2D eigenvalue weighted by Gasteiger charge is 2.12. The number of furan rings is 1. The summed E-state index contributed by atoms with van der Waals surface area (Å²) < 4.78 is 20.6. The van der Waals surface area contributed by atoms with Crippen molar-refractivity contribution < 1.29 is 18.7 Å². The molecule has 0 aliphatic rings. The Labute approximate surface area is 263 Å². The molecule has 220 valence electrons. The standard InChI is InChI=1S/C36H30BrN3O4/c1-24-10-11-25(2)40(24)29-13-15-30(16-14-29)42-23-31-17-19-35(44-31)36(41)39-38-21-26-12-18-34(33(37)20-26)43-22-28-8-5-7-27-6-3-4-9-32(27)28/h3-21H,22-23H2,1-2H3,(H,39,41)/b38-21+. The van der Waals surface area contributed by atoms with Crippen LogP contribution < -0.4 is 14.9 Å². The Kier molecular flexibility index (Phi) is 8.61. The maximum atomic E-state index is 12.6. The van der Waals surface area contributed by atoms with Crippen LogP contribution in [0.3, 0.4) is 0 Å². The van der Waals surface area contributed by atoms with Crippen LogP contribution in [0.4, 0.5) is 0 Å². The normalized spacial score (nSPS) is 11.2. The number of ether oxygens (including phenoxy) is 2. The SMILES string of the molecule is Cc1ccc(C)n1-c1ccc(OCc2ccc(C(=O)N/N=C/c3ccc(OCc4cccc5ccccc45)c(Br)c3)o2)cc1. The number of halogens is 1. The van der Waals surface area contributed by atoms with Gasteiger partial charge in [0, 0.05) is 17.1 Å². The summed E-state index contributed by atoms with van der Waals surface area (Å²) in [6, 6.07) is 35.4. The van der Waals surface area contributed by atoms with Gasteiger partial charge in [-0.2, -0.15) is 5.10 Å². The highest BCUT2D eigenvalue weighted by Crippen LogP contribution is 2.28. The van der Waals surface area contributed by atoms with E-state index in [1.807, 2.05) is 60.7 Å². The molecule has 6 aromatic rings. The second-order valence-electron chi connectivity index (χ2n) is 10.3. The summed E-state index contributed by atoms with van der Waals surface area (Å²) in [5, 5.41) is 6.43. The van der Waals surface area contributed by atoms with Gasteiger partial charge in [-0.1, -0.05) is 42.5 Å². The molecule has 6 rings (SSSR count). The molecule has 44 heavy (non-hydrogen) atoms. The minimum absolute atomic E-state index is 0.146. The molecule has 1 N–H and O–H groups in total. The van der Waals surface area contributed by atoms with Crippen molar-refractivity contribution in [1.29, 1.82) is 0 Å². The number of hydrogen-bond donors (Lipinski definition) is 1.